The molecule has 0 atom stereocenters. The van der Waals surface area contributed by atoms with E-state index in [9.17, 15) is 8.78 Å². The molecule has 18 heavy (non-hydrogen) atoms. The molecule has 0 fully saturated rings. The first-order valence-corrected chi connectivity index (χ1v) is 6.61. The second kappa shape index (κ2) is 4.90. The van der Waals surface area contributed by atoms with Gasteiger partial charge in [0.2, 0.25) is 0 Å². The van der Waals surface area contributed by atoms with E-state index in [4.69, 9.17) is 4.84 Å². The summed E-state index contributed by atoms with van der Waals surface area (Å²) >= 11 is 1.32. The van der Waals surface area contributed by atoms with Gasteiger partial charge in [-0.05, 0) is 38.5 Å². The predicted octanol–water partition coefficient (Wildman–Crippen LogP) is 3.66. The van der Waals surface area contributed by atoms with Crippen molar-refractivity contribution >= 4 is 11.8 Å². The van der Waals surface area contributed by atoms with Crippen LogP contribution < -0.4 is 5.48 Å². The number of rotatable bonds is 3. The Kier molecular flexibility index (Phi) is 3.64. The number of aryl methyl sites for hydroxylation is 1. The quantitative estimate of drug-likeness (QED) is 0.906. The summed E-state index contributed by atoms with van der Waals surface area (Å²) in [5.74, 6) is -0.747. The van der Waals surface area contributed by atoms with E-state index in [1.54, 1.807) is 6.92 Å². The predicted molar refractivity (Wildman–Crippen MR) is 68.8 cm³/mol. The van der Waals surface area contributed by atoms with Crippen molar-refractivity contribution < 1.29 is 13.6 Å². The van der Waals surface area contributed by atoms with Gasteiger partial charge >= 0.3 is 0 Å². The molecule has 1 aromatic carbocycles. The van der Waals surface area contributed by atoms with Crippen molar-refractivity contribution in [2.24, 2.45) is 0 Å². The summed E-state index contributed by atoms with van der Waals surface area (Å²) < 4.78 is 27.3. The molecule has 0 saturated carbocycles. The van der Waals surface area contributed by atoms with E-state index >= 15 is 0 Å². The highest BCUT2D eigenvalue weighted by atomic mass is 32.2. The Hall–Kier alpha value is -1.07. The van der Waals surface area contributed by atoms with Crippen molar-refractivity contribution in [2.45, 2.75) is 32.1 Å². The molecule has 0 aromatic heterocycles. The van der Waals surface area contributed by atoms with Gasteiger partial charge in [0.05, 0.1) is 5.03 Å². The molecule has 0 bridgehead atoms. The highest BCUT2D eigenvalue weighted by Gasteiger charge is 2.24. The van der Waals surface area contributed by atoms with Crippen LogP contribution in [-0.4, -0.2) is 5.60 Å². The molecular formula is C13H15F2NOS. The Morgan fingerprint density at radius 3 is 2.67 bits per heavy atom. The highest BCUT2D eigenvalue weighted by molar-refractivity contribution is 8.02. The Labute approximate surface area is 109 Å². The fraction of sp³-hybridized carbons (Fsp3) is 0.385. The maximum Gasteiger partial charge on any atom is 0.133 e. The van der Waals surface area contributed by atoms with Crippen LogP contribution in [0.4, 0.5) is 8.78 Å². The third-order valence-corrected chi connectivity index (χ3v) is 3.59. The Bertz CT molecular complexity index is 500. The van der Waals surface area contributed by atoms with Crippen molar-refractivity contribution in [3.8, 4) is 0 Å². The normalized spacial score (nSPS) is 17.5. The van der Waals surface area contributed by atoms with E-state index in [1.165, 1.54) is 23.9 Å². The number of hydrogen-bond acceptors (Lipinski definition) is 3. The van der Waals surface area contributed by atoms with Crippen LogP contribution in [0.3, 0.4) is 0 Å². The van der Waals surface area contributed by atoms with Gasteiger partial charge in [0, 0.05) is 11.3 Å². The molecular weight excluding hydrogens is 256 g/mol. The summed E-state index contributed by atoms with van der Waals surface area (Å²) in [6.07, 6.45) is 1.89. The van der Waals surface area contributed by atoms with Gasteiger partial charge in [-0.15, -0.1) is 11.8 Å². The van der Waals surface area contributed by atoms with Crippen molar-refractivity contribution in [1.29, 1.82) is 0 Å². The first-order chi connectivity index (χ1) is 8.39. The van der Waals surface area contributed by atoms with Crippen LogP contribution in [0.5, 0.6) is 0 Å². The van der Waals surface area contributed by atoms with E-state index < -0.39 is 11.6 Å². The lowest BCUT2D eigenvalue weighted by atomic mass is 10.1. The van der Waals surface area contributed by atoms with Crippen molar-refractivity contribution in [2.75, 3.05) is 0 Å². The third kappa shape index (κ3) is 2.84. The maximum absolute atomic E-state index is 13.8. The van der Waals surface area contributed by atoms with Crippen LogP contribution in [0.15, 0.2) is 23.2 Å². The lowest BCUT2D eigenvalue weighted by molar-refractivity contribution is -0.0126. The number of hydroxylamine groups is 1. The second-order valence-electron chi connectivity index (χ2n) is 4.76. The molecule has 0 unspecified atom stereocenters. The minimum absolute atomic E-state index is 0.104. The lowest BCUT2D eigenvalue weighted by Crippen LogP contribution is -2.20. The summed E-state index contributed by atoms with van der Waals surface area (Å²) in [7, 11) is 0. The van der Waals surface area contributed by atoms with Crippen LogP contribution >= 0.6 is 11.8 Å². The monoisotopic (exact) mass is 271 g/mol. The van der Waals surface area contributed by atoms with Crippen LogP contribution in [0.1, 0.15) is 25.0 Å². The molecule has 1 N–H and O–H groups in total. The molecule has 2 nitrogen and oxygen atoms in total. The van der Waals surface area contributed by atoms with Gasteiger partial charge in [-0.2, -0.15) is 0 Å². The highest BCUT2D eigenvalue weighted by Crippen LogP contribution is 2.30. The number of benzene rings is 1. The fourth-order valence-electron chi connectivity index (χ4n) is 1.62. The van der Waals surface area contributed by atoms with Gasteiger partial charge in [0.25, 0.3) is 0 Å². The van der Waals surface area contributed by atoms with E-state index in [0.717, 1.165) is 5.03 Å². The molecule has 1 heterocycles. The Morgan fingerprint density at radius 1 is 1.33 bits per heavy atom. The number of halogens is 2. The summed E-state index contributed by atoms with van der Waals surface area (Å²) in [5, 5.41) is 0.778. The maximum atomic E-state index is 13.8. The van der Waals surface area contributed by atoms with E-state index in [-0.39, 0.29) is 16.9 Å². The number of hydrogen-bond donors (Lipinski definition) is 1. The lowest BCUT2D eigenvalue weighted by Gasteiger charge is -2.11. The van der Waals surface area contributed by atoms with Gasteiger partial charge < -0.3 is 0 Å². The standard InChI is InChI=1S/C13H15F2NOS/c1-8-4-5-10(14)9(12(8)15)7-18-11-6-13(2,3)17-16-11/h4-6,16H,7H2,1-3H3. The van der Waals surface area contributed by atoms with Crippen LogP contribution in [0, 0.1) is 18.6 Å². The molecule has 1 aliphatic heterocycles. The molecule has 0 saturated heterocycles. The minimum atomic E-state index is -0.510. The van der Waals surface area contributed by atoms with Gasteiger partial charge in [-0.1, -0.05) is 6.07 Å². The molecule has 0 radical (unpaired) electrons. The molecule has 0 spiro atoms. The Morgan fingerprint density at radius 2 is 2.06 bits per heavy atom. The summed E-state index contributed by atoms with van der Waals surface area (Å²) in [6.45, 7) is 5.44. The number of thioether (sulfide) groups is 1. The Balaban J connectivity index is 2.10. The van der Waals surface area contributed by atoms with Gasteiger partial charge in [-0.25, -0.2) is 8.78 Å². The summed E-state index contributed by atoms with van der Waals surface area (Å²) in [6, 6.07) is 2.74. The van der Waals surface area contributed by atoms with Gasteiger partial charge in [0.15, 0.2) is 0 Å². The summed E-state index contributed by atoms with van der Waals surface area (Å²) in [5.41, 5.74) is 2.93. The molecule has 5 heteroatoms. The van der Waals surface area contributed by atoms with Crippen LogP contribution in [0.2, 0.25) is 0 Å². The van der Waals surface area contributed by atoms with Crippen molar-refractivity contribution in [3.05, 3.63) is 46.0 Å². The SMILES string of the molecule is Cc1ccc(F)c(CSC2=CC(C)(C)ON2)c1F. The van der Waals surface area contributed by atoms with E-state index in [1.807, 2.05) is 19.9 Å². The first kappa shape index (κ1) is 13.4. The van der Waals surface area contributed by atoms with E-state index in [0.29, 0.717) is 5.56 Å². The fourth-order valence-corrected chi connectivity index (χ4v) is 2.66. The molecule has 2 rings (SSSR count). The topological polar surface area (TPSA) is 21.3 Å². The zero-order valence-electron chi connectivity index (χ0n) is 10.5. The van der Waals surface area contributed by atoms with Crippen LogP contribution in [0.25, 0.3) is 0 Å². The largest absolute Gasteiger partial charge is 0.265 e. The van der Waals surface area contributed by atoms with Crippen LogP contribution in [-0.2, 0) is 10.6 Å². The average Bonchev–Trinajstić information content (AvgIpc) is 2.64. The van der Waals surface area contributed by atoms with Gasteiger partial charge in [0.1, 0.15) is 17.2 Å². The smallest absolute Gasteiger partial charge is 0.133 e. The van der Waals surface area contributed by atoms with Crippen molar-refractivity contribution in [3.63, 3.8) is 0 Å². The first-order valence-electron chi connectivity index (χ1n) is 5.62. The average molecular weight is 271 g/mol. The van der Waals surface area contributed by atoms with E-state index in [2.05, 4.69) is 5.48 Å². The summed E-state index contributed by atoms with van der Waals surface area (Å²) in [4.78, 5) is 5.27. The van der Waals surface area contributed by atoms with Gasteiger partial charge in [-0.3, -0.25) is 10.3 Å². The van der Waals surface area contributed by atoms with Crippen molar-refractivity contribution in [1.82, 2.24) is 5.48 Å². The third-order valence-electron chi connectivity index (χ3n) is 2.64. The zero-order chi connectivity index (χ0) is 13.3. The zero-order valence-corrected chi connectivity index (χ0v) is 11.3. The minimum Gasteiger partial charge on any atom is -0.265 e. The molecule has 1 aliphatic rings. The molecule has 0 amide bonds. The number of nitrogens with one attached hydrogen (secondary N) is 1. The molecule has 1 aromatic rings. The molecule has 0 aliphatic carbocycles. The molecule has 98 valence electrons. The second-order valence-corrected chi connectivity index (χ2v) is 5.78.